The van der Waals surface area contributed by atoms with Crippen molar-refractivity contribution >= 4 is 35.4 Å². The van der Waals surface area contributed by atoms with Gasteiger partial charge < -0.3 is 15.4 Å². The molecule has 1 atom stereocenters. The van der Waals surface area contributed by atoms with Crippen LogP contribution in [0.4, 0.5) is 0 Å². The van der Waals surface area contributed by atoms with Crippen molar-refractivity contribution in [1.29, 1.82) is 0 Å². The van der Waals surface area contributed by atoms with E-state index in [1.165, 1.54) is 11.8 Å². The van der Waals surface area contributed by atoms with Crippen LogP contribution in [0.2, 0.25) is 0 Å². The first kappa shape index (κ1) is 18.6. The number of rotatable bonds is 9. The number of thioether (sulfide) groups is 2. The fourth-order valence-electron chi connectivity index (χ4n) is 1.66. The molecule has 1 aromatic rings. The molecule has 0 aromatic carbocycles. The molecule has 9 heteroatoms. The first-order valence-electron chi connectivity index (χ1n) is 6.68. The summed E-state index contributed by atoms with van der Waals surface area (Å²) in [4.78, 5) is 41.4. The van der Waals surface area contributed by atoms with Crippen molar-refractivity contribution in [1.82, 2.24) is 15.3 Å². The molecular formula is C13H19N3O4S2. The number of aromatic amines is 1. The molecule has 0 aliphatic carbocycles. The van der Waals surface area contributed by atoms with E-state index in [4.69, 9.17) is 5.11 Å². The third-order valence-corrected chi connectivity index (χ3v) is 4.16. The highest BCUT2D eigenvalue weighted by atomic mass is 32.2. The molecule has 0 saturated carbocycles. The van der Waals surface area contributed by atoms with Gasteiger partial charge in [0, 0.05) is 6.07 Å². The van der Waals surface area contributed by atoms with Gasteiger partial charge >= 0.3 is 5.97 Å². The van der Waals surface area contributed by atoms with Gasteiger partial charge in [-0.3, -0.25) is 9.59 Å². The van der Waals surface area contributed by atoms with Crippen LogP contribution < -0.4 is 10.9 Å². The Hall–Kier alpha value is -1.48. The molecule has 7 nitrogen and oxygen atoms in total. The highest BCUT2D eigenvalue weighted by Gasteiger charge is 2.21. The molecular weight excluding hydrogens is 326 g/mol. The number of amides is 1. The fourth-order valence-corrected chi connectivity index (χ4v) is 2.77. The van der Waals surface area contributed by atoms with Gasteiger partial charge in [-0.15, -0.1) is 0 Å². The van der Waals surface area contributed by atoms with Crippen LogP contribution in [0.15, 0.2) is 10.9 Å². The summed E-state index contributed by atoms with van der Waals surface area (Å²) < 4.78 is 0. The summed E-state index contributed by atoms with van der Waals surface area (Å²) in [7, 11) is 0. The number of nitrogens with zero attached hydrogens (tertiary/aromatic N) is 1. The zero-order valence-electron chi connectivity index (χ0n) is 12.4. The van der Waals surface area contributed by atoms with E-state index in [1.807, 2.05) is 13.2 Å². The van der Waals surface area contributed by atoms with E-state index in [2.05, 4.69) is 15.3 Å². The second-order valence-corrected chi connectivity index (χ2v) is 6.62. The van der Waals surface area contributed by atoms with Gasteiger partial charge in [-0.25, -0.2) is 9.78 Å². The number of H-pyrrole nitrogens is 1. The summed E-state index contributed by atoms with van der Waals surface area (Å²) in [6.45, 7) is 1.98. The van der Waals surface area contributed by atoms with Gasteiger partial charge in [0.2, 0.25) is 0 Å². The molecule has 0 bridgehead atoms. The van der Waals surface area contributed by atoms with E-state index < -0.39 is 23.5 Å². The Morgan fingerprint density at radius 1 is 1.50 bits per heavy atom. The van der Waals surface area contributed by atoms with Crippen molar-refractivity contribution in [3.05, 3.63) is 27.9 Å². The molecule has 0 radical (unpaired) electrons. The molecule has 1 heterocycles. The van der Waals surface area contributed by atoms with Gasteiger partial charge in [-0.05, 0) is 24.2 Å². The normalized spacial score (nSPS) is 11.9. The van der Waals surface area contributed by atoms with Gasteiger partial charge in [0.15, 0.2) is 0 Å². The first-order valence-corrected chi connectivity index (χ1v) is 9.23. The zero-order valence-corrected chi connectivity index (χ0v) is 14.1. The lowest BCUT2D eigenvalue weighted by Crippen LogP contribution is -2.42. The Bertz CT molecular complexity index is 577. The standard InChI is InChI=1S/C13H19N3O4S2/c1-3-22-5-4-8(13(19)20)15-12(18)9-6-11(17)16-10(14-9)7-21-2/h6,8H,3-5,7H2,1-2H3,(H,15,18)(H,19,20)(H,14,16,17). The number of carboxylic acids is 1. The van der Waals surface area contributed by atoms with Crippen LogP contribution in [0.5, 0.6) is 0 Å². The van der Waals surface area contributed by atoms with Gasteiger partial charge in [0.1, 0.15) is 17.6 Å². The van der Waals surface area contributed by atoms with Crippen molar-refractivity contribution in [2.45, 2.75) is 25.1 Å². The lowest BCUT2D eigenvalue weighted by atomic mass is 10.2. The van der Waals surface area contributed by atoms with Gasteiger partial charge in [-0.2, -0.15) is 23.5 Å². The quantitative estimate of drug-likeness (QED) is 0.571. The van der Waals surface area contributed by atoms with Gasteiger partial charge in [0.05, 0.1) is 5.75 Å². The third kappa shape index (κ3) is 6.10. The van der Waals surface area contributed by atoms with E-state index in [0.29, 0.717) is 23.8 Å². The summed E-state index contributed by atoms with van der Waals surface area (Å²) >= 11 is 3.06. The molecule has 0 spiro atoms. The fraction of sp³-hybridized carbons (Fsp3) is 0.538. The zero-order chi connectivity index (χ0) is 16.5. The number of carbonyl (C=O) groups is 2. The Labute approximate surface area is 136 Å². The topological polar surface area (TPSA) is 112 Å². The number of aromatic nitrogens is 2. The number of nitrogens with one attached hydrogen (secondary N) is 2. The van der Waals surface area contributed by atoms with Crippen LogP contribution in [0, 0.1) is 0 Å². The number of carbonyl (C=O) groups excluding carboxylic acids is 1. The van der Waals surface area contributed by atoms with Crippen LogP contribution in [0.25, 0.3) is 0 Å². The predicted molar refractivity (Wildman–Crippen MR) is 88.6 cm³/mol. The summed E-state index contributed by atoms with van der Waals surface area (Å²) in [5.74, 6) is 0.619. The lowest BCUT2D eigenvalue weighted by Gasteiger charge is -2.14. The molecule has 0 saturated heterocycles. The second-order valence-electron chi connectivity index (χ2n) is 4.36. The molecule has 1 unspecified atom stereocenters. The van der Waals surface area contributed by atoms with Crippen LogP contribution in [0.1, 0.15) is 29.7 Å². The molecule has 3 N–H and O–H groups in total. The minimum atomic E-state index is -1.10. The van der Waals surface area contributed by atoms with Gasteiger partial charge in [0.25, 0.3) is 11.5 Å². The third-order valence-electron chi connectivity index (χ3n) is 2.66. The Kier molecular flexibility index (Phi) is 8.03. The van der Waals surface area contributed by atoms with Crippen LogP contribution in [-0.2, 0) is 10.5 Å². The number of aliphatic carboxylic acids is 1. The molecule has 0 aliphatic heterocycles. The molecule has 1 rings (SSSR count). The Morgan fingerprint density at radius 3 is 2.82 bits per heavy atom. The smallest absolute Gasteiger partial charge is 0.326 e. The van der Waals surface area contributed by atoms with Crippen LogP contribution in [-0.4, -0.2) is 50.8 Å². The van der Waals surface area contributed by atoms with E-state index in [-0.39, 0.29) is 5.69 Å². The highest BCUT2D eigenvalue weighted by Crippen LogP contribution is 2.06. The second kappa shape index (κ2) is 9.52. The van der Waals surface area contributed by atoms with Crippen LogP contribution in [0.3, 0.4) is 0 Å². The van der Waals surface area contributed by atoms with Crippen molar-refractivity contribution in [2.75, 3.05) is 17.8 Å². The van der Waals surface area contributed by atoms with Crippen molar-refractivity contribution in [3.63, 3.8) is 0 Å². The summed E-state index contributed by atoms with van der Waals surface area (Å²) in [5, 5.41) is 11.6. The molecule has 22 heavy (non-hydrogen) atoms. The maximum absolute atomic E-state index is 12.1. The maximum Gasteiger partial charge on any atom is 0.326 e. The maximum atomic E-state index is 12.1. The van der Waals surface area contributed by atoms with Crippen molar-refractivity contribution in [3.8, 4) is 0 Å². The van der Waals surface area contributed by atoms with E-state index in [9.17, 15) is 14.4 Å². The summed E-state index contributed by atoms with van der Waals surface area (Å²) in [6, 6.07) is 0.0791. The summed E-state index contributed by atoms with van der Waals surface area (Å²) in [6.07, 6.45) is 2.17. The minimum Gasteiger partial charge on any atom is -0.480 e. The molecule has 0 fully saturated rings. The highest BCUT2D eigenvalue weighted by molar-refractivity contribution is 7.99. The molecule has 1 amide bonds. The lowest BCUT2D eigenvalue weighted by molar-refractivity contribution is -0.139. The predicted octanol–water partition coefficient (Wildman–Crippen LogP) is 0.959. The number of hydrogen-bond donors (Lipinski definition) is 3. The largest absolute Gasteiger partial charge is 0.480 e. The number of hydrogen-bond acceptors (Lipinski definition) is 6. The van der Waals surface area contributed by atoms with Gasteiger partial charge in [-0.1, -0.05) is 6.92 Å². The molecule has 1 aromatic heterocycles. The number of carboxylic acid groups (broad SMARTS) is 1. The first-order chi connectivity index (χ1) is 10.5. The average molecular weight is 345 g/mol. The molecule has 122 valence electrons. The van der Waals surface area contributed by atoms with Crippen LogP contribution >= 0.6 is 23.5 Å². The Balaban J connectivity index is 2.81. The van der Waals surface area contributed by atoms with E-state index in [0.717, 1.165) is 11.8 Å². The monoisotopic (exact) mass is 345 g/mol. The SMILES string of the molecule is CCSCCC(NC(=O)c1cc(=O)[nH]c(CSC)n1)C(=O)O. The summed E-state index contributed by atoms with van der Waals surface area (Å²) in [5.41, 5.74) is -0.500. The minimum absolute atomic E-state index is 0.0674. The van der Waals surface area contributed by atoms with Crippen molar-refractivity contribution < 1.29 is 14.7 Å². The van der Waals surface area contributed by atoms with Crippen molar-refractivity contribution in [2.24, 2.45) is 0 Å². The van der Waals surface area contributed by atoms with E-state index in [1.54, 1.807) is 11.8 Å². The van der Waals surface area contributed by atoms with E-state index >= 15 is 0 Å². The Morgan fingerprint density at radius 2 is 2.23 bits per heavy atom. The average Bonchev–Trinajstić information content (AvgIpc) is 2.45. The molecule has 0 aliphatic rings.